The average Bonchev–Trinajstić information content (AvgIpc) is 2.37. The van der Waals surface area contributed by atoms with E-state index in [1.165, 1.54) is 6.26 Å². The van der Waals surface area contributed by atoms with Gasteiger partial charge >= 0.3 is 0 Å². The molecule has 0 aromatic heterocycles. The lowest BCUT2D eigenvalue weighted by atomic mass is 10.0. The summed E-state index contributed by atoms with van der Waals surface area (Å²) in [5, 5.41) is 0. The highest BCUT2D eigenvalue weighted by molar-refractivity contribution is 7.90. The molecule has 0 spiro atoms. The molecule has 0 aliphatic carbocycles. The number of rotatable bonds is 3. The summed E-state index contributed by atoms with van der Waals surface area (Å²) < 4.78 is 23.2. The monoisotopic (exact) mass is 272 g/mol. The van der Waals surface area contributed by atoms with E-state index in [0.29, 0.717) is 4.90 Å². The first kappa shape index (κ1) is 13.6. The van der Waals surface area contributed by atoms with Gasteiger partial charge in [-0.25, -0.2) is 8.42 Å². The third-order valence-corrected chi connectivity index (χ3v) is 4.04. The number of hydrogen-bond donors (Lipinski definition) is 0. The van der Waals surface area contributed by atoms with Gasteiger partial charge < -0.3 is 0 Å². The average molecular weight is 272 g/mol. The first-order valence-electron chi connectivity index (χ1n) is 5.95. The zero-order valence-corrected chi connectivity index (χ0v) is 11.9. The van der Waals surface area contributed by atoms with Crippen molar-refractivity contribution in [1.82, 2.24) is 0 Å². The van der Waals surface area contributed by atoms with Gasteiger partial charge in [-0.15, -0.1) is 0 Å². The molecular weight excluding hydrogens is 256 g/mol. The minimum atomic E-state index is -3.18. The summed E-state index contributed by atoms with van der Waals surface area (Å²) in [6, 6.07) is 13.1. The summed E-state index contributed by atoms with van der Waals surface area (Å²) in [5.41, 5.74) is 4.05. The van der Waals surface area contributed by atoms with E-state index in [1.807, 2.05) is 31.2 Å². The van der Waals surface area contributed by atoms with Crippen molar-refractivity contribution in [3.8, 4) is 11.1 Å². The minimum Gasteiger partial charge on any atom is -0.224 e. The Labute approximate surface area is 114 Å². The van der Waals surface area contributed by atoms with Gasteiger partial charge in [-0.2, -0.15) is 0 Å². The maximum absolute atomic E-state index is 11.6. The van der Waals surface area contributed by atoms with Crippen LogP contribution in [0.25, 0.3) is 17.2 Å². The Morgan fingerprint density at radius 3 is 2.42 bits per heavy atom. The molecule has 3 heteroatoms. The van der Waals surface area contributed by atoms with Crippen LogP contribution in [-0.2, 0) is 9.84 Å². The highest BCUT2D eigenvalue weighted by Crippen LogP contribution is 2.25. The first-order chi connectivity index (χ1) is 8.90. The van der Waals surface area contributed by atoms with E-state index in [9.17, 15) is 8.42 Å². The Hall–Kier alpha value is -1.87. The summed E-state index contributed by atoms with van der Waals surface area (Å²) >= 11 is 0. The van der Waals surface area contributed by atoms with Crippen molar-refractivity contribution in [3.63, 3.8) is 0 Å². The van der Waals surface area contributed by atoms with Crippen LogP contribution in [0, 0.1) is 6.92 Å². The third-order valence-electron chi connectivity index (χ3n) is 2.93. The second kappa shape index (κ2) is 5.02. The molecule has 0 aliphatic heterocycles. The lowest BCUT2D eigenvalue weighted by molar-refractivity contribution is 0.602. The highest BCUT2D eigenvalue weighted by Gasteiger charge is 2.08. The molecule has 0 atom stereocenters. The van der Waals surface area contributed by atoms with Crippen molar-refractivity contribution in [2.24, 2.45) is 0 Å². The fraction of sp³-hybridized carbons (Fsp3) is 0.125. The lowest BCUT2D eigenvalue weighted by Crippen LogP contribution is -1.96. The summed E-state index contributed by atoms with van der Waals surface area (Å²) in [6.45, 7) is 5.78. The van der Waals surface area contributed by atoms with Crippen molar-refractivity contribution in [3.05, 3.63) is 60.2 Å². The Bertz CT molecular complexity index is 728. The van der Waals surface area contributed by atoms with E-state index in [4.69, 9.17) is 0 Å². The second-order valence-corrected chi connectivity index (χ2v) is 6.65. The normalized spacial score (nSPS) is 11.3. The fourth-order valence-corrected chi connectivity index (χ4v) is 2.67. The van der Waals surface area contributed by atoms with E-state index in [2.05, 4.69) is 6.58 Å². The molecule has 98 valence electrons. The Kier molecular flexibility index (Phi) is 3.58. The van der Waals surface area contributed by atoms with E-state index < -0.39 is 9.84 Å². The van der Waals surface area contributed by atoms with Crippen LogP contribution in [0.4, 0.5) is 0 Å². The Morgan fingerprint density at radius 2 is 1.79 bits per heavy atom. The van der Waals surface area contributed by atoms with Gasteiger partial charge in [0.05, 0.1) is 4.90 Å². The highest BCUT2D eigenvalue weighted by atomic mass is 32.2. The molecule has 0 radical (unpaired) electrons. The van der Waals surface area contributed by atoms with Crippen molar-refractivity contribution >= 4 is 15.9 Å². The maximum Gasteiger partial charge on any atom is 0.175 e. The lowest BCUT2D eigenvalue weighted by Gasteiger charge is -2.07. The van der Waals surface area contributed by atoms with Crippen LogP contribution >= 0.6 is 0 Å². The van der Waals surface area contributed by atoms with Crippen LogP contribution in [0.5, 0.6) is 0 Å². The molecule has 19 heavy (non-hydrogen) atoms. The first-order valence-corrected chi connectivity index (χ1v) is 7.84. The van der Waals surface area contributed by atoms with Crippen molar-refractivity contribution in [1.29, 1.82) is 0 Å². The molecule has 0 bridgehead atoms. The Balaban J connectivity index is 2.59. The molecule has 0 fully saturated rings. The van der Waals surface area contributed by atoms with Crippen molar-refractivity contribution < 1.29 is 8.42 Å². The molecule has 2 aromatic carbocycles. The summed E-state index contributed by atoms with van der Waals surface area (Å²) in [5.74, 6) is 0. The second-order valence-electron chi connectivity index (χ2n) is 4.64. The standard InChI is InChI=1S/C16H16O2S/c1-4-13-8-12(2)9-15(10-13)14-6-5-7-16(11-14)19(3,17)18/h4-11H,1H2,2-3H3. The van der Waals surface area contributed by atoms with Gasteiger partial charge in [0.1, 0.15) is 0 Å². The summed E-state index contributed by atoms with van der Waals surface area (Å²) in [6.07, 6.45) is 3.01. The third kappa shape index (κ3) is 3.12. The predicted molar refractivity (Wildman–Crippen MR) is 79.8 cm³/mol. The molecule has 0 aliphatic rings. The van der Waals surface area contributed by atoms with E-state index in [0.717, 1.165) is 22.3 Å². The van der Waals surface area contributed by atoms with Crippen LogP contribution < -0.4 is 0 Å². The van der Waals surface area contributed by atoms with Crippen molar-refractivity contribution in [2.45, 2.75) is 11.8 Å². The number of aryl methyl sites for hydroxylation is 1. The topological polar surface area (TPSA) is 34.1 Å². The zero-order chi connectivity index (χ0) is 14.0. The summed E-state index contributed by atoms with van der Waals surface area (Å²) in [4.78, 5) is 0.339. The van der Waals surface area contributed by atoms with E-state index in [1.54, 1.807) is 24.3 Å². The van der Waals surface area contributed by atoms with Crippen LogP contribution in [0.15, 0.2) is 53.9 Å². The number of benzene rings is 2. The number of hydrogen-bond acceptors (Lipinski definition) is 2. The maximum atomic E-state index is 11.6. The molecule has 0 saturated carbocycles. The molecule has 0 N–H and O–H groups in total. The van der Waals surface area contributed by atoms with Gasteiger partial charge in [-0.1, -0.05) is 36.9 Å². The van der Waals surface area contributed by atoms with Gasteiger partial charge in [-0.05, 0) is 47.4 Å². The van der Waals surface area contributed by atoms with Gasteiger partial charge in [0.15, 0.2) is 9.84 Å². The van der Waals surface area contributed by atoms with Gasteiger partial charge in [0.2, 0.25) is 0 Å². The van der Waals surface area contributed by atoms with Gasteiger partial charge in [-0.3, -0.25) is 0 Å². The zero-order valence-electron chi connectivity index (χ0n) is 11.1. The molecule has 0 saturated heterocycles. The smallest absolute Gasteiger partial charge is 0.175 e. The molecule has 2 rings (SSSR count). The van der Waals surface area contributed by atoms with E-state index >= 15 is 0 Å². The van der Waals surface area contributed by atoms with Crippen LogP contribution in [-0.4, -0.2) is 14.7 Å². The quantitative estimate of drug-likeness (QED) is 0.853. The van der Waals surface area contributed by atoms with Crippen LogP contribution in [0.1, 0.15) is 11.1 Å². The molecule has 2 aromatic rings. The summed E-state index contributed by atoms with van der Waals surface area (Å²) in [7, 11) is -3.18. The minimum absolute atomic E-state index is 0.339. The molecule has 0 unspecified atom stereocenters. The van der Waals surface area contributed by atoms with Gasteiger partial charge in [0, 0.05) is 6.26 Å². The molecule has 0 heterocycles. The van der Waals surface area contributed by atoms with Gasteiger partial charge in [0.25, 0.3) is 0 Å². The van der Waals surface area contributed by atoms with E-state index in [-0.39, 0.29) is 0 Å². The Morgan fingerprint density at radius 1 is 1.05 bits per heavy atom. The molecule has 0 amide bonds. The largest absolute Gasteiger partial charge is 0.224 e. The fourth-order valence-electron chi connectivity index (χ4n) is 2.00. The predicted octanol–water partition coefficient (Wildman–Crippen LogP) is 3.71. The molecule has 2 nitrogen and oxygen atoms in total. The SMILES string of the molecule is C=Cc1cc(C)cc(-c2cccc(S(C)(=O)=O)c2)c1. The van der Waals surface area contributed by atoms with Crippen LogP contribution in [0.2, 0.25) is 0 Å². The molecular formula is C16H16O2S. The van der Waals surface area contributed by atoms with Crippen molar-refractivity contribution in [2.75, 3.05) is 6.26 Å². The number of sulfone groups is 1. The van der Waals surface area contributed by atoms with Crippen LogP contribution in [0.3, 0.4) is 0 Å².